The fourth-order valence-electron chi connectivity index (χ4n) is 1.79. The molecule has 1 N–H and O–H groups in total. The molecule has 1 aromatic carbocycles. The van der Waals surface area contributed by atoms with E-state index < -0.39 is 24.5 Å². The van der Waals surface area contributed by atoms with Gasteiger partial charge in [-0.05, 0) is 30.9 Å². The molecule has 0 aliphatic carbocycles. The fraction of sp³-hybridized carbons (Fsp3) is 0.462. The van der Waals surface area contributed by atoms with E-state index in [-0.39, 0.29) is 19.3 Å². The van der Waals surface area contributed by atoms with E-state index >= 15 is 0 Å². The van der Waals surface area contributed by atoms with Gasteiger partial charge in [-0.25, -0.2) is 0 Å². The summed E-state index contributed by atoms with van der Waals surface area (Å²) in [5.74, 6) is -1.85. The van der Waals surface area contributed by atoms with Gasteiger partial charge in [-0.15, -0.1) is 0 Å². The van der Waals surface area contributed by atoms with Gasteiger partial charge in [0, 0.05) is 10.9 Å². The van der Waals surface area contributed by atoms with Gasteiger partial charge in [-0.1, -0.05) is 34.1 Å². The molecule has 0 aromatic heterocycles. The summed E-state index contributed by atoms with van der Waals surface area (Å²) >= 11 is 3.30. The molecule has 0 radical (unpaired) electrons. The molecule has 0 saturated heterocycles. The smallest absolute Gasteiger partial charge is 0.389 e. The van der Waals surface area contributed by atoms with E-state index in [0.717, 1.165) is 10.0 Å². The lowest BCUT2D eigenvalue weighted by molar-refractivity contribution is -0.145. The standard InChI is InChI=1S/C13H14BrF3O2/c14-11-6-2-1-4-9(11)8-10(12(18)19)5-3-7-13(15,16)17/h1-2,4,6,10H,3,5,7-8H2,(H,18,19). The SMILES string of the molecule is O=C(O)C(CCCC(F)(F)F)Cc1ccccc1Br. The maximum atomic E-state index is 12.0. The normalized spacial score (nSPS) is 13.3. The maximum Gasteiger partial charge on any atom is 0.389 e. The molecular weight excluding hydrogens is 325 g/mol. The Balaban J connectivity index is 2.59. The van der Waals surface area contributed by atoms with Crippen molar-refractivity contribution >= 4 is 21.9 Å². The Kier molecular flexibility index (Phi) is 5.85. The van der Waals surface area contributed by atoms with Crippen LogP contribution in [0.15, 0.2) is 28.7 Å². The highest BCUT2D eigenvalue weighted by Crippen LogP contribution is 2.26. The first kappa shape index (κ1) is 16.0. The van der Waals surface area contributed by atoms with E-state index in [9.17, 15) is 18.0 Å². The van der Waals surface area contributed by atoms with Crippen LogP contribution in [0.1, 0.15) is 24.8 Å². The zero-order valence-corrected chi connectivity index (χ0v) is 11.7. The molecular formula is C13H14BrF3O2. The number of hydrogen-bond acceptors (Lipinski definition) is 1. The highest BCUT2D eigenvalue weighted by atomic mass is 79.9. The highest BCUT2D eigenvalue weighted by Gasteiger charge is 2.28. The molecule has 106 valence electrons. The Hall–Kier alpha value is -1.04. The molecule has 0 aliphatic heterocycles. The van der Waals surface area contributed by atoms with E-state index in [1.165, 1.54) is 0 Å². The zero-order valence-electron chi connectivity index (χ0n) is 10.1. The Morgan fingerprint density at radius 1 is 1.32 bits per heavy atom. The number of aliphatic carboxylic acids is 1. The van der Waals surface area contributed by atoms with Crippen LogP contribution >= 0.6 is 15.9 Å². The van der Waals surface area contributed by atoms with Crippen molar-refractivity contribution in [1.29, 1.82) is 0 Å². The van der Waals surface area contributed by atoms with Crippen LogP contribution in [0.2, 0.25) is 0 Å². The Morgan fingerprint density at radius 2 is 1.95 bits per heavy atom. The Morgan fingerprint density at radius 3 is 2.47 bits per heavy atom. The number of carbonyl (C=O) groups is 1. The number of halogens is 4. The first-order valence-electron chi connectivity index (χ1n) is 5.82. The first-order chi connectivity index (χ1) is 8.79. The fourth-order valence-corrected chi connectivity index (χ4v) is 2.24. The molecule has 6 heteroatoms. The lowest BCUT2D eigenvalue weighted by atomic mass is 9.94. The number of rotatable bonds is 6. The van der Waals surface area contributed by atoms with Crippen LogP contribution in [-0.4, -0.2) is 17.3 Å². The van der Waals surface area contributed by atoms with Gasteiger partial charge in [0.25, 0.3) is 0 Å². The van der Waals surface area contributed by atoms with Crippen molar-refractivity contribution in [2.24, 2.45) is 5.92 Å². The van der Waals surface area contributed by atoms with E-state index in [1.807, 2.05) is 0 Å². The summed E-state index contributed by atoms with van der Waals surface area (Å²) in [5, 5.41) is 9.06. The first-order valence-corrected chi connectivity index (χ1v) is 6.62. The second-order valence-corrected chi connectivity index (χ2v) is 5.19. The van der Waals surface area contributed by atoms with Crippen LogP contribution in [0.25, 0.3) is 0 Å². The molecule has 19 heavy (non-hydrogen) atoms. The maximum absolute atomic E-state index is 12.0. The number of benzene rings is 1. The number of carboxylic acid groups (broad SMARTS) is 1. The highest BCUT2D eigenvalue weighted by molar-refractivity contribution is 9.10. The average Bonchev–Trinajstić information content (AvgIpc) is 2.28. The molecule has 0 bridgehead atoms. The van der Waals surface area contributed by atoms with Crippen LogP contribution in [0, 0.1) is 5.92 Å². The topological polar surface area (TPSA) is 37.3 Å². The van der Waals surface area contributed by atoms with E-state index in [2.05, 4.69) is 15.9 Å². The quantitative estimate of drug-likeness (QED) is 0.833. The van der Waals surface area contributed by atoms with Crippen LogP contribution in [-0.2, 0) is 11.2 Å². The molecule has 1 aromatic rings. The van der Waals surface area contributed by atoms with E-state index in [0.29, 0.717) is 0 Å². The monoisotopic (exact) mass is 338 g/mol. The third-order valence-electron chi connectivity index (χ3n) is 2.79. The third-order valence-corrected chi connectivity index (χ3v) is 3.56. The predicted molar refractivity (Wildman–Crippen MR) is 68.9 cm³/mol. The molecule has 1 atom stereocenters. The van der Waals surface area contributed by atoms with Crippen molar-refractivity contribution < 1.29 is 23.1 Å². The summed E-state index contributed by atoms with van der Waals surface area (Å²) in [7, 11) is 0. The minimum Gasteiger partial charge on any atom is -0.481 e. The molecule has 0 amide bonds. The Labute approximate surface area is 117 Å². The minimum atomic E-state index is -4.23. The van der Waals surface area contributed by atoms with Gasteiger partial charge < -0.3 is 5.11 Å². The molecule has 0 aliphatic rings. The molecule has 1 unspecified atom stereocenters. The Bertz CT molecular complexity index is 432. The molecule has 2 nitrogen and oxygen atoms in total. The van der Waals surface area contributed by atoms with Crippen molar-refractivity contribution in [2.45, 2.75) is 31.9 Å². The van der Waals surface area contributed by atoms with Crippen LogP contribution in [0.5, 0.6) is 0 Å². The van der Waals surface area contributed by atoms with Crippen LogP contribution in [0.4, 0.5) is 13.2 Å². The number of carboxylic acids is 1. The minimum absolute atomic E-state index is 0.0240. The third kappa shape index (κ3) is 6.09. The van der Waals surface area contributed by atoms with Crippen molar-refractivity contribution in [2.75, 3.05) is 0 Å². The summed E-state index contributed by atoms with van der Waals surface area (Å²) in [6.07, 6.45) is -5.07. The zero-order chi connectivity index (χ0) is 14.5. The van der Waals surface area contributed by atoms with Gasteiger partial charge >= 0.3 is 12.1 Å². The lowest BCUT2D eigenvalue weighted by Crippen LogP contribution is -2.18. The molecule has 0 saturated carbocycles. The van der Waals surface area contributed by atoms with Crippen molar-refractivity contribution in [3.05, 3.63) is 34.3 Å². The molecule has 0 fully saturated rings. The molecule has 1 rings (SSSR count). The average molecular weight is 339 g/mol. The van der Waals surface area contributed by atoms with Crippen LogP contribution < -0.4 is 0 Å². The number of alkyl halides is 3. The van der Waals surface area contributed by atoms with E-state index in [4.69, 9.17) is 5.11 Å². The second-order valence-electron chi connectivity index (χ2n) is 4.34. The molecule has 0 heterocycles. The largest absolute Gasteiger partial charge is 0.481 e. The van der Waals surface area contributed by atoms with Gasteiger partial charge in [0.15, 0.2) is 0 Å². The van der Waals surface area contributed by atoms with Gasteiger partial charge in [0.2, 0.25) is 0 Å². The lowest BCUT2D eigenvalue weighted by Gasteiger charge is -2.14. The predicted octanol–water partition coefficient (Wildman–Crippen LogP) is 4.43. The van der Waals surface area contributed by atoms with Gasteiger partial charge in [0.1, 0.15) is 0 Å². The van der Waals surface area contributed by atoms with E-state index in [1.54, 1.807) is 24.3 Å². The van der Waals surface area contributed by atoms with Crippen molar-refractivity contribution in [1.82, 2.24) is 0 Å². The van der Waals surface area contributed by atoms with Crippen molar-refractivity contribution in [3.63, 3.8) is 0 Å². The second kappa shape index (κ2) is 6.93. The summed E-state index contributed by atoms with van der Waals surface area (Å²) in [6, 6.07) is 7.12. The summed E-state index contributed by atoms with van der Waals surface area (Å²) < 4.78 is 36.9. The van der Waals surface area contributed by atoms with Gasteiger partial charge in [0.05, 0.1) is 5.92 Å². The number of hydrogen-bond donors (Lipinski definition) is 1. The summed E-state index contributed by atoms with van der Waals surface area (Å²) in [4.78, 5) is 11.1. The van der Waals surface area contributed by atoms with Gasteiger partial charge in [-0.3, -0.25) is 4.79 Å². The van der Waals surface area contributed by atoms with Gasteiger partial charge in [-0.2, -0.15) is 13.2 Å². The molecule has 0 spiro atoms. The van der Waals surface area contributed by atoms with Crippen molar-refractivity contribution in [3.8, 4) is 0 Å². The van der Waals surface area contributed by atoms with Crippen LogP contribution in [0.3, 0.4) is 0 Å². The summed E-state index contributed by atoms with van der Waals surface area (Å²) in [6.45, 7) is 0. The summed E-state index contributed by atoms with van der Waals surface area (Å²) in [5.41, 5.74) is 0.793.